The lowest BCUT2D eigenvalue weighted by molar-refractivity contribution is -0.144. The number of aliphatic carboxylic acids is 1. The number of methoxy groups -OCH3 is 1. The lowest BCUT2D eigenvalue weighted by Crippen LogP contribution is -2.55. The molecule has 0 bridgehead atoms. The second-order valence-electron chi connectivity index (χ2n) is 5.77. The molecule has 130 valence electrons. The maximum Gasteiger partial charge on any atom is 0.331 e. The molecule has 0 radical (unpaired) electrons. The van der Waals surface area contributed by atoms with Gasteiger partial charge in [-0.2, -0.15) is 0 Å². The monoisotopic (exact) mass is 342 g/mol. The largest absolute Gasteiger partial charge is 0.496 e. The number of carbonyl (C=O) groups excluding carboxylic acids is 1. The number of carbonyl (C=O) groups is 2. The molecule has 7 nitrogen and oxygen atoms in total. The highest BCUT2D eigenvalue weighted by atomic mass is 16.5. The smallest absolute Gasteiger partial charge is 0.331 e. The number of hydrogen-bond acceptors (Lipinski definition) is 5. The molecule has 25 heavy (non-hydrogen) atoms. The van der Waals surface area contributed by atoms with Crippen molar-refractivity contribution < 1.29 is 24.2 Å². The van der Waals surface area contributed by atoms with Crippen molar-refractivity contribution in [3.63, 3.8) is 0 Å². The predicted molar refractivity (Wildman–Crippen MR) is 89.5 cm³/mol. The van der Waals surface area contributed by atoms with Crippen molar-refractivity contribution >= 4 is 11.9 Å². The predicted octanol–water partition coefficient (Wildman–Crippen LogP) is 1.73. The molecule has 1 aromatic carbocycles. The van der Waals surface area contributed by atoms with Gasteiger partial charge >= 0.3 is 5.97 Å². The summed E-state index contributed by atoms with van der Waals surface area (Å²) in [5.41, 5.74) is 0.255. The van der Waals surface area contributed by atoms with Gasteiger partial charge in [0.1, 0.15) is 5.75 Å². The standard InChI is InChI=1S/C18H18N2O5/c1-24-15-6-5-12(10-13(15)14-4-2-3-8-19-14)16(21)20-18(17(22)23)7-9-25-11-18/h2-6,8,10H,7,9,11H2,1H3,(H,20,21)(H,22,23). The Bertz CT molecular complexity index is 785. The molecule has 2 heterocycles. The second-order valence-corrected chi connectivity index (χ2v) is 5.77. The molecule has 7 heteroatoms. The highest BCUT2D eigenvalue weighted by Gasteiger charge is 2.44. The van der Waals surface area contributed by atoms with Crippen LogP contribution in [0.1, 0.15) is 16.8 Å². The molecule has 1 fully saturated rings. The van der Waals surface area contributed by atoms with E-state index in [1.54, 1.807) is 30.5 Å². The molecule has 0 saturated carbocycles. The summed E-state index contributed by atoms with van der Waals surface area (Å²) < 4.78 is 10.5. The van der Waals surface area contributed by atoms with Crippen LogP contribution in [0.15, 0.2) is 42.6 Å². The van der Waals surface area contributed by atoms with Crippen molar-refractivity contribution in [1.29, 1.82) is 0 Å². The van der Waals surface area contributed by atoms with E-state index >= 15 is 0 Å². The average Bonchev–Trinajstić information content (AvgIpc) is 3.12. The van der Waals surface area contributed by atoms with Crippen LogP contribution in [0.3, 0.4) is 0 Å². The fourth-order valence-corrected chi connectivity index (χ4v) is 2.75. The molecule has 1 saturated heterocycles. The first-order valence-corrected chi connectivity index (χ1v) is 7.79. The van der Waals surface area contributed by atoms with Gasteiger partial charge in [-0.15, -0.1) is 0 Å². The number of carboxylic acids is 1. The summed E-state index contributed by atoms with van der Waals surface area (Å²) in [6.07, 6.45) is 1.88. The van der Waals surface area contributed by atoms with E-state index in [0.29, 0.717) is 29.2 Å². The van der Waals surface area contributed by atoms with Crippen molar-refractivity contribution in [3.05, 3.63) is 48.2 Å². The molecule has 1 aromatic heterocycles. The van der Waals surface area contributed by atoms with Crippen LogP contribution in [0.25, 0.3) is 11.3 Å². The van der Waals surface area contributed by atoms with Gasteiger partial charge in [-0.05, 0) is 30.3 Å². The molecule has 2 aromatic rings. The van der Waals surface area contributed by atoms with Gasteiger partial charge in [-0.3, -0.25) is 9.78 Å². The first-order chi connectivity index (χ1) is 12.1. The van der Waals surface area contributed by atoms with Gasteiger partial charge in [0, 0.05) is 30.4 Å². The minimum absolute atomic E-state index is 0.0443. The summed E-state index contributed by atoms with van der Waals surface area (Å²) in [6, 6.07) is 10.3. The number of nitrogens with zero attached hydrogens (tertiary/aromatic N) is 1. The third kappa shape index (κ3) is 3.32. The summed E-state index contributed by atoms with van der Waals surface area (Å²) in [7, 11) is 1.54. The number of pyridine rings is 1. The lowest BCUT2D eigenvalue weighted by Gasteiger charge is -2.24. The fourth-order valence-electron chi connectivity index (χ4n) is 2.75. The van der Waals surface area contributed by atoms with Gasteiger partial charge < -0.3 is 19.9 Å². The van der Waals surface area contributed by atoms with Crippen LogP contribution in [-0.2, 0) is 9.53 Å². The quantitative estimate of drug-likeness (QED) is 0.859. The van der Waals surface area contributed by atoms with Crippen molar-refractivity contribution in [2.45, 2.75) is 12.0 Å². The Labute approximate surface area is 144 Å². The molecule has 1 amide bonds. The van der Waals surface area contributed by atoms with E-state index in [4.69, 9.17) is 9.47 Å². The van der Waals surface area contributed by atoms with Crippen molar-refractivity contribution in [3.8, 4) is 17.0 Å². The normalized spacial score (nSPS) is 19.4. The number of benzene rings is 1. The topological polar surface area (TPSA) is 97.8 Å². The molecule has 1 aliphatic rings. The van der Waals surface area contributed by atoms with Crippen molar-refractivity contribution in [1.82, 2.24) is 10.3 Å². The van der Waals surface area contributed by atoms with E-state index in [2.05, 4.69) is 10.3 Å². The second kappa shape index (κ2) is 6.90. The zero-order valence-electron chi connectivity index (χ0n) is 13.7. The number of nitrogens with one attached hydrogen (secondary N) is 1. The van der Waals surface area contributed by atoms with Crippen LogP contribution in [0.5, 0.6) is 5.75 Å². The number of amides is 1. The summed E-state index contributed by atoms with van der Waals surface area (Å²) >= 11 is 0. The summed E-state index contributed by atoms with van der Waals surface area (Å²) in [6.45, 7) is 0.256. The third-order valence-corrected chi connectivity index (χ3v) is 4.19. The zero-order chi connectivity index (χ0) is 17.9. The van der Waals surface area contributed by atoms with Crippen LogP contribution in [0.2, 0.25) is 0 Å². The molecule has 3 rings (SSSR count). The fraction of sp³-hybridized carbons (Fsp3) is 0.278. The summed E-state index contributed by atoms with van der Waals surface area (Å²) in [5.74, 6) is -1.00. The van der Waals surface area contributed by atoms with Gasteiger partial charge in [0.15, 0.2) is 5.54 Å². The van der Waals surface area contributed by atoms with Gasteiger partial charge in [0.05, 0.1) is 19.4 Å². The minimum atomic E-state index is -1.39. The molecule has 0 aliphatic carbocycles. The molecule has 2 N–H and O–H groups in total. The van der Waals surface area contributed by atoms with Crippen LogP contribution >= 0.6 is 0 Å². The van der Waals surface area contributed by atoms with Gasteiger partial charge in [0.2, 0.25) is 0 Å². The van der Waals surface area contributed by atoms with Crippen LogP contribution in [0.4, 0.5) is 0 Å². The zero-order valence-corrected chi connectivity index (χ0v) is 13.7. The highest BCUT2D eigenvalue weighted by molar-refractivity contribution is 5.99. The number of hydrogen-bond donors (Lipinski definition) is 2. The van der Waals surface area contributed by atoms with E-state index in [1.807, 2.05) is 12.1 Å². The molecule has 1 unspecified atom stereocenters. The minimum Gasteiger partial charge on any atom is -0.496 e. The van der Waals surface area contributed by atoms with E-state index < -0.39 is 17.4 Å². The SMILES string of the molecule is COc1ccc(C(=O)NC2(C(=O)O)CCOC2)cc1-c1ccccn1. The van der Waals surface area contributed by atoms with Gasteiger partial charge in [-0.25, -0.2) is 4.79 Å². The van der Waals surface area contributed by atoms with Crippen LogP contribution in [-0.4, -0.2) is 47.8 Å². The van der Waals surface area contributed by atoms with Crippen LogP contribution < -0.4 is 10.1 Å². The number of carboxylic acid groups (broad SMARTS) is 1. The molecule has 0 spiro atoms. The van der Waals surface area contributed by atoms with Crippen molar-refractivity contribution in [2.75, 3.05) is 20.3 Å². The molecule has 1 aliphatic heterocycles. The first-order valence-electron chi connectivity index (χ1n) is 7.79. The third-order valence-electron chi connectivity index (χ3n) is 4.19. The van der Waals surface area contributed by atoms with E-state index in [0.717, 1.165) is 0 Å². The van der Waals surface area contributed by atoms with E-state index in [-0.39, 0.29) is 13.0 Å². The Morgan fingerprint density at radius 3 is 2.76 bits per heavy atom. The molecule has 1 atom stereocenters. The Balaban J connectivity index is 1.92. The number of aromatic nitrogens is 1. The Kier molecular flexibility index (Phi) is 4.67. The molecular weight excluding hydrogens is 324 g/mol. The lowest BCUT2D eigenvalue weighted by atomic mass is 9.97. The van der Waals surface area contributed by atoms with Gasteiger partial charge in [0.25, 0.3) is 5.91 Å². The number of ether oxygens (including phenoxy) is 2. The van der Waals surface area contributed by atoms with Gasteiger partial charge in [-0.1, -0.05) is 6.07 Å². The average molecular weight is 342 g/mol. The van der Waals surface area contributed by atoms with Crippen molar-refractivity contribution in [2.24, 2.45) is 0 Å². The number of rotatable bonds is 5. The highest BCUT2D eigenvalue weighted by Crippen LogP contribution is 2.30. The molecular formula is C18H18N2O5. The summed E-state index contributed by atoms with van der Waals surface area (Å²) in [5, 5.41) is 12.0. The first kappa shape index (κ1) is 16.9. The maximum absolute atomic E-state index is 12.6. The Morgan fingerprint density at radius 1 is 1.32 bits per heavy atom. The Hall–Kier alpha value is -2.93. The maximum atomic E-state index is 12.6. The summed E-state index contributed by atoms with van der Waals surface area (Å²) in [4.78, 5) is 28.4. The Morgan fingerprint density at radius 2 is 2.16 bits per heavy atom. The van der Waals surface area contributed by atoms with E-state index in [9.17, 15) is 14.7 Å². The van der Waals surface area contributed by atoms with E-state index in [1.165, 1.54) is 7.11 Å². The van der Waals surface area contributed by atoms with Crippen LogP contribution in [0, 0.1) is 0 Å².